The summed E-state index contributed by atoms with van der Waals surface area (Å²) in [6.45, 7) is 4.08. The maximum atomic E-state index is 11.7. The molecule has 0 spiro atoms. The second kappa shape index (κ2) is 7.51. The Morgan fingerprint density at radius 3 is 2.59 bits per heavy atom. The number of halogens is 1. The maximum Gasteiger partial charge on any atom is 0.286 e. The quantitative estimate of drug-likeness (QED) is 0.562. The summed E-state index contributed by atoms with van der Waals surface area (Å²) < 4.78 is 0.772. The van der Waals surface area contributed by atoms with E-state index in [9.17, 15) is 9.59 Å². The molecule has 0 unspecified atom stereocenters. The lowest BCUT2D eigenvalue weighted by atomic mass is 10.1. The van der Waals surface area contributed by atoms with Crippen molar-refractivity contribution in [3.63, 3.8) is 0 Å². The molecule has 0 aliphatic heterocycles. The van der Waals surface area contributed by atoms with Gasteiger partial charge in [-0.05, 0) is 59.1 Å². The lowest BCUT2D eigenvalue weighted by Crippen LogP contribution is -2.42. The van der Waals surface area contributed by atoms with Crippen molar-refractivity contribution in [2.45, 2.75) is 18.7 Å². The van der Waals surface area contributed by atoms with Gasteiger partial charge in [0.05, 0.1) is 5.75 Å². The molecule has 0 atom stereocenters. The number of hydrazine groups is 1. The summed E-state index contributed by atoms with van der Waals surface area (Å²) in [4.78, 5) is 27.3. The van der Waals surface area contributed by atoms with Crippen LogP contribution in [0.2, 0.25) is 0 Å². The van der Waals surface area contributed by atoms with E-state index in [1.54, 1.807) is 12.3 Å². The molecule has 0 aliphatic carbocycles. The summed E-state index contributed by atoms with van der Waals surface area (Å²) in [5, 5.41) is 0. The number of benzene rings is 1. The van der Waals surface area contributed by atoms with Gasteiger partial charge in [0, 0.05) is 15.6 Å². The zero-order valence-corrected chi connectivity index (χ0v) is 14.6. The van der Waals surface area contributed by atoms with Crippen LogP contribution in [0.5, 0.6) is 0 Å². The molecule has 2 amide bonds. The van der Waals surface area contributed by atoms with Gasteiger partial charge in [0.1, 0.15) is 5.69 Å². The SMILES string of the molecule is Cc1ccc(SCC(=O)NNC(=O)c2cc(Br)c[nH]2)cc1C. The first-order chi connectivity index (χ1) is 10.5. The molecule has 0 saturated heterocycles. The van der Waals surface area contributed by atoms with Gasteiger partial charge in [-0.15, -0.1) is 11.8 Å². The predicted octanol–water partition coefficient (Wildman–Crippen LogP) is 2.95. The van der Waals surface area contributed by atoms with E-state index >= 15 is 0 Å². The number of carbonyl (C=O) groups is 2. The third-order valence-corrected chi connectivity index (χ3v) is 4.51. The number of nitrogens with one attached hydrogen (secondary N) is 3. The Hall–Kier alpha value is -1.73. The molecule has 2 aromatic rings. The van der Waals surface area contributed by atoms with Gasteiger partial charge in [0.15, 0.2) is 0 Å². The Balaban J connectivity index is 1.78. The zero-order valence-electron chi connectivity index (χ0n) is 12.2. The Morgan fingerprint density at radius 1 is 1.18 bits per heavy atom. The molecule has 5 nitrogen and oxygen atoms in total. The molecule has 22 heavy (non-hydrogen) atoms. The number of aromatic amines is 1. The summed E-state index contributed by atoms with van der Waals surface area (Å²) in [6.07, 6.45) is 1.65. The van der Waals surface area contributed by atoms with Crippen LogP contribution >= 0.6 is 27.7 Å². The minimum atomic E-state index is -0.393. The van der Waals surface area contributed by atoms with Crippen molar-refractivity contribution >= 4 is 39.5 Å². The molecule has 0 saturated carbocycles. The minimum absolute atomic E-state index is 0.233. The van der Waals surface area contributed by atoms with Crippen LogP contribution in [0, 0.1) is 13.8 Å². The Kier molecular flexibility index (Phi) is 5.68. The van der Waals surface area contributed by atoms with Crippen molar-refractivity contribution in [1.29, 1.82) is 0 Å². The number of rotatable bonds is 4. The number of amides is 2. The molecule has 2 rings (SSSR count). The number of hydrogen-bond acceptors (Lipinski definition) is 3. The highest BCUT2D eigenvalue weighted by Crippen LogP contribution is 2.20. The first-order valence-corrected chi connectivity index (χ1v) is 8.36. The standard InChI is InChI=1S/C15H16BrN3O2S/c1-9-3-4-12(5-10(9)2)22-8-14(20)18-19-15(21)13-6-11(16)7-17-13/h3-7,17H,8H2,1-2H3,(H,18,20)(H,19,21). The van der Waals surface area contributed by atoms with Crippen LogP contribution in [0.1, 0.15) is 21.6 Å². The maximum absolute atomic E-state index is 11.7. The van der Waals surface area contributed by atoms with Crippen molar-refractivity contribution in [1.82, 2.24) is 15.8 Å². The monoisotopic (exact) mass is 381 g/mol. The van der Waals surface area contributed by atoms with Gasteiger partial charge in [0.2, 0.25) is 5.91 Å². The second-order valence-electron chi connectivity index (χ2n) is 4.77. The zero-order chi connectivity index (χ0) is 16.1. The Bertz CT molecular complexity index is 700. The second-order valence-corrected chi connectivity index (χ2v) is 6.73. The van der Waals surface area contributed by atoms with E-state index in [1.807, 2.05) is 32.0 Å². The van der Waals surface area contributed by atoms with Crippen LogP contribution < -0.4 is 10.9 Å². The van der Waals surface area contributed by atoms with Gasteiger partial charge >= 0.3 is 0 Å². The summed E-state index contributed by atoms with van der Waals surface area (Å²) in [5.74, 6) is -0.422. The number of hydrogen-bond donors (Lipinski definition) is 3. The highest BCUT2D eigenvalue weighted by Gasteiger charge is 2.09. The molecule has 116 valence electrons. The lowest BCUT2D eigenvalue weighted by Gasteiger charge is -2.07. The Morgan fingerprint density at radius 2 is 1.95 bits per heavy atom. The topological polar surface area (TPSA) is 74.0 Å². The van der Waals surface area contributed by atoms with Crippen molar-refractivity contribution in [3.8, 4) is 0 Å². The highest BCUT2D eigenvalue weighted by molar-refractivity contribution is 9.10. The number of H-pyrrole nitrogens is 1. The number of thioether (sulfide) groups is 1. The summed E-state index contributed by atoms with van der Waals surface area (Å²) in [7, 11) is 0. The van der Waals surface area contributed by atoms with Crippen molar-refractivity contribution < 1.29 is 9.59 Å². The van der Waals surface area contributed by atoms with Crippen LogP contribution in [-0.2, 0) is 4.79 Å². The average Bonchev–Trinajstić information content (AvgIpc) is 2.92. The van der Waals surface area contributed by atoms with Crippen molar-refractivity contribution in [2.24, 2.45) is 0 Å². The number of carbonyl (C=O) groups excluding carboxylic acids is 2. The molecule has 0 radical (unpaired) electrons. The molecule has 0 bridgehead atoms. The first kappa shape index (κ1) is 16.6. The van der Waals surface area contributed by atoms with Crippen LogP contribution in [0.25, 0.3) is 0 Å². The average molecular weight is 382 g/mol. The van der Waals surface area contributed by atoms with Gasteiger partial charge in [-0.1, -0.05) is 6.07 Å². The molecular weight excluding hydrogens is 366 g/mol. The number of aryl methyl sites for hydroxylation is 2. The van der Waals surface area contributed by atoms with E-state index in [2.05, 4.69) is 31.8 Å². The fraction of sp³-hybridized carbons (Fsp3) is 0.200. The van der Waals surface area contributed by atoms with Crippen molar-refractivity contribution in [2.75, 3.05) is 5.75 Å². The normalized spacial score (nSPS) is 10.3. The van der Waals surface area contributed by atoms with E-state index in [-0.39, 0.29) is 11.7 Å². The molecule has 0 aliphatic rings. The fourth-order valence-electron chi connectivity index (χ4n) is 1.68. The van der Waals surface area contributed by atoms with Gasteiger partial charge < -0.3 is 4.98 Å². The molecule has 7 heteroatoms. The number of aromatic nitrogens is 1. The van der Waals surface area contributed by atoms with E-state index in [4.69, 9.17) is 0 Å². The van der Waals surface area contributed by atoms with Gasteiger partial charge in [0.25, 0.3) is 5.91 Å². The molecule has 1 heterocycles. The highest BCUT2D eigenvalue weighted by atomic mass is 79.9. The van der Waals surface area contributed by atoms with Crippen LogP contribution in [0.4, 0.5) is 0 Å². The summed E-state index contributed by atoms with van der Waals surface area (Å²) >= 11 is 4.66. The van der Waals surface area contributed by atoms with E-state index in [0.717, 1.165) is 9.37 Å². The fourth-order valence-corrected chi connectivity index (χ4v) is 2.82. The summed E-state index contributed by atoms with van der Waals surface area (Å²) in [6, 6.07) is 7.68. The minimum Gasteiger partial charge on any atom is -0.356 e. The van der Waals surface area contributed by atoms with E-state index < -0.39 is 5.91 Å². The van der Waals surface area contributed by atoms with E-state index in [0.29, 0.717) is 5.69 Å². The van der Waals surface area contributed by atoms with Crippen LogP contribution in [-0.4, -0.2) is 22.6 Å². The van der Waals surface area contributed by atoms with Crippen LogP contribution in [0.15, 0.2) is 39.8 Å². The third-order valence-electron chi connectivity index (χ3n) is 3.06. The van der Waals surface area contributed by atoms with Gasteiger partial charge in [-0.2, -0.15) is 0 Å². The summed E-state index contributed by atoms with van der Waals surface area (Å²) in [5.41, 5.74) is 7.54. The molecule has 1 aromatic heterocycles. The third kappa shape index (κ3) is 4.64. The van der Waals surface area contributed by atoms with E-state index in [1.165, 1.54) is 22.9 Å². The molecule has 1 aromatic carbocycles. The molecule has 0 fully saturated rings. The smallest absolute Gasteiger partial charge is 0.286 e. The first-order valence-electron chi connectivity index (χ1n) is 6.59. The lowest BCUT2D eigenvalue weighted by molar-refractivity contribution is -0.119. The predicted molar refractivity (Wildman–Crippen MR) is 90.7 cm³/mol. The molecule has 3 N–H and O–H groups in total. The van der Waals surface area contributed by atoms with Gasteiger partial charge in [-0.25, -0.2) is 0 Å². The van der Waals surface area contributed by atoms with Crippen molar-refractivity contribution in [3.05, 3.63) is 51.8 Å². The molecular formula is C15H16BrN3O2S. The van der Waals surface area contributed by atoms with Crippen LogP contribution in [0.3, 0.4) is 0 Å². The Labute approximate surface area is 141 Å². The van der Waals surface area contributed by atoms with Gasteiger partial charge in [-0.3, -0.25) is 20.4 Å². The largest absolute Gasteiger partial charge is 0.356 e.